The number of ketones is 1. The summed E-state index contributed by atoms with van der Waals surface area (Å²) in [4.78, 5) is 24.1. The van der Waals surface area contributed by atoms with E-state index in [0.29, 0.717) is 18.9 Å². The zero-order chi connectivity index (χ0) is 15.2. The van der Waals surface area contributed by atoms with Crippen molar-refractivity contribution < 1.29 is 9.59 Å². The van der Waals surface area contributed by atoms with Crippen molar-refractivity contribution in [2.45, 2.75) is 61.3 Å². The van der Waals surface area contributed by atoms with Crippen molar-refractivity contribution in [3.05, 3.63) is 0 Å². The van der Waals surface area contributed by atoms with Crippen molar-refractivity contribution in [2.75, 3.05) is 6.54 Å². The largest absolute Gasteiger partial charge is 0.356 e. The summed E-state index contributed by atoms with van der Waals surface area (Å²) in [6.45, 7) is 14.9. The molecule has 1 atom stereocenters. The molecule has 0 saturated carbocycles. The maximum atomic E-state index is 12.1. The molecule has 0 aromatic carbocycles. The lowest BCUT2D eigenvalue weighted by atomic mass is 9.85. The molecule has 0 aliphatic rings. The van der Waals surface area contributed by atoms with Gasteiger partial charge in [-0.1, -0.05) is 48.5 Å². The van der Waals surface area contributed by atoms with E-state index >= 15 is 0 Å². The molecule has 3 nitrogen and oxygen atoms in total. The molecule has 0 spiro atoms. The van der Waals surface area contributed by atoms with E-state index in [1.165, 1.54) is 0 Å². The highest BCUT2D eigenvalue weighted by atomic mass is 16.2. The number of hydrogen-bond donors (Lipinski definition) is 1. The van der Waals surface area contributed by atoms with Crippen LogP contribution in [-0.4, -0.2) is 18.2 Å². The molecule has 0 aliphatic carbocycles. The van der Waals surface area contributed by atoms with Gasteiger partial charge in [0.2, 0.25) is 5.91 Å². The molecule has 0 aromatic rings. The van der Waals surface area contributed by atoms with E-state index in [9.17, 15) is 9.59 Å². The van der Waals surface area contributed by atoms with E-state index in [0.717, 1.165) is 6.42 Å². The summed E-state index contributed by atoms with van der Waals surface area (Å²) in [6, 6.07) is 0. The van der Waals surface area contributed by atoms with Crippen molar-refractivity contribution in [2.24, 2.45) is 23.2 Å². The molecule has 112 valence electrons. The van der Waals surface area contributed by atoms with Crippen LogP contribution in [0.1, 0.15) is 61.3 Å². The van der Waals surface area contributed by atoms with Gasteiger partial charge in [0.1, 0.15) is 5.78 Å². The highest BCUT2D eigenvalue weighted by molar-refractivity contribution is 5.88. The van der Waals surface area contributed by atoms with Gasteiger partial charge in [0.05, 0.1) is 0 Å². The van der Waals surface area contributed by atoms with Crippen LogP contribution in [0.4, 0.5) is 0 Å². The molecule has 0 aromatic heterocycles. The molecule has 1 amide bonds. The quantitative estimate of drug-likeness (QED) is 0.769. The molecule has 0 radical (unpaired) electrons. The molecule has 1 N–H and O–H groups in total. The second kappa shape index (κ2) is 7.66. The van der Waals surface area contributed by atoms with E-state index < -0.39 is 0 Å². The highest BCUT2D eigenvalue weighted by Gasteiger charge is 2.25. The molecular weight excluding hydrogens is 238 g/mol. The Hall–Kier alpha value is -0.860. The van der Waals surface area contributed by atoms with Crippen molar-refractivity contribution >= 4 is 11.7 Å². The molecule has 0 fully saturated rings. The summed E-state index contributed by atoms with van der Waals surface area (Å²) < 4.78 is 0. The van der Waals surface area contributed by atoms with Gasteiger partial charge in [-0.15, -0.1) is 0 Å². The maximum absolute atomic E-state index is 12.1. The summed E-state index contributed by atoms with van der Waals surface area (Å²) in [6.07, 6.45) is 1.12. The van der Waals surface area contributed by atoms with Crippen LogP contribution in [0.3, 0.4) is 0 Å². The van der Waals surface area contributed by atoms with Crippen LogP contribution in [0.2, 0.25) is 0 Å². The Morgan fingerprint density at radius 3 is 1.95 bits per heavy atom. The maximum Gasteiger partial charge on any atom is 0.220 e. The fourth-order valence-electron chi connectivity index (χ4n) is 2.00. The first-order valence-corrected chi connectivity index (χ1v) is 7.33. The first-order valence-electron chi connectivity index (χ1n) is 7.33. The molecule has 0 rings (SSSR count). The molecule has 0 unspecified atom stereocenters. The van der Waals surface area contributed by atoms with Gasteiger partial charge in [-0.3, -0.25) is 9.59 Å². The van der Waals surface area contributed by atoms with Crippen LogP contribution >= 0.6 is 0 Å². The Morgan fingerprint density at radius 1 is 1.05 bits per heavy atom. The first-order chi connectivity index (χ1) is 8.53. The minimum atomic E-state index is -0.139. The molecule has 3 heteroatoms. The summed E-state index contributed by atoms with van der Waals surface area (Å²) in [5.41, 5.74) is 0.0747. The standard InChI is InChI=1S/C16H31NO2/c1-11(2)8-13(15(19)12(3)4)9-14(18)17-10-16(5,6)7/h11-13H,8-10H2,1-7H3,(H,17,18)/t13-/m0/s1. The van der Waals surface area contributed by atoms with Crippen LogP contribution in [0, 0.1) is 23.2 Å². The lowest BCUT2D eigenvalue weighted by Crippen LogP contribution is -2.35. The van der Waals surface area contributed by atoms with E-state index in [-0.39, 0.29) is 28.9 Å². The minimum Gasteiger partial charge on any atom is -0.356 e. The Kier molecular flexibility index (Phi) is 7.32. The Bertz CT molecular complexity index is 300. The predicted octanol–water partition coefficient (Wildman–Crippen LogP) is 3.43. The van der Waals surface area contributed by atoms with E-state index in [1.54, 1.807) is 0 Å². The lowest BCUT2D eigenvalue weighted by molar-refractivity contribution is -0.131. The number of carbonyl (C=O) groups is 2. The Morgan fingerprint density at radius 2 is 1.58 bits per heavy atom. The number of amides is 1. The summed E-state index contributed by atoms with van der Waals surface area (Å²) in [5.74, 6) is 0.497. The van der Waals surface area contributed by atoms with Gasteiger partial charge in [0, 0.05) is 24.8 Å². The summed E-state index contributed by atoms with van der Waals surface area (Å²) >= 11 is 0. The SMILES string of the molecule is CC(C)C[C@@H](CC(=O)NCC(C)(C)C)C(=O)C(C)C. The number of carbonyl (C=O) groups excluding carboxylic acids is 2. The average molecular weight is 269 g/mol. The zero-order valence-electron chi connectivity index (χ0n) is 13.7. The number of rotatable bonds is 7. The minimum absolute atomic E-state index is 0.000772. The van der Waals surface area contributed by atoms with Crippen molar-refractivity contribution in [3.63, 3.8) is 0 Å². The predicted molar refractivity (Wildman–Crippen MR) is 79.9 cm³/mol. The molecule has 19 heavy (non-hydrogen) atoms. The molecule has 0 heterocycles. The van der Waals surface area contributed by atoms with Gasteiger partial charge < -0.3 is 5.32 Å². The van der Waals surface area contributed by atoms with Gasteiger partial charge >= 0.3 is 0 Å². The molecule has 0 saturated heterocycles. The topological polar surface area (TPSA) is 46.2 Å². The van der Waals surface area contributed by atoms with E-state index in [4.69, 9.17) is 0 Å². The third-order valence-corrected chi connectivity index (χ3v) is 2.98. The Labute approximate surface area is 118 Å². The third-order valence-electron chi connectivity index (χ3n) is 2.98. The molecular formula is C16H31NO2. The van der Waals surface area contributed by atoms with Crippen LogP contribution in [0.15, 0.2) is 0 Å². The van der Waals surface area contributed by atoms with Gasteiger partial charge in [0.25, 0.3) is 0 Å². The number of hydrogen-bond acceptors (Lipinski definition) is 2. The van der Waals surface area contributed by atoms with E-state index in [1.807, 2.05) is 13.8 Å². The van der Waals surface area contributed by atoms with Gasteiger partial charge in [-0.25, -0.2) is 0 Å². The monoisotopic (exact) mass is 269 g/mol. The van der Waals surface area contributed by atoms with Crippen LogP contribution in [0.5, 0.6) is 0 Å². The fraction of sp³-hybridized carbons (Fsp3) is 0.875. The third kappa shape index (κ3) is 8.79. The van der Waals surface area contributed by atoms with Crippen molar-refractivity contribution in [3.8, 4) is 0 Å². The van der Waals surface area contributed by atoms with Crippen LogP contribution in [0.25, 0.3) is 0 Å². The number of Topliss-reactive ketones (excluding diaryl/α,β-unsaturated/α-hetero) is 1. The normalized spacial score (nSPS) is 13.7. The van der Waals surface area contributed by atoms with Crippen LogP contribution < -0.4 is 5.32 Å². The van der Waals surface area contributed by atoms with Crippen LogP contribution in [-0.2, 0) is 9.59 Å². The fourth-order valence-corrected chi connectivity index (χ4v) is 2.00. The van der Waals surface area contributed by atoms with Crippen molar-refractivity contribution in [1.29, 1.82) is 0 Å². The smallest absolute Gasteiger partial charge is 0.220 e. The Balaban J connectivity index is 4.47. The highest BCUT2D eigenvalue weighted by Crippen LogP contribution is 2.20. The van der Waals surface area contributed by atoms with Gasteiger partial charge in [-0.2, -0.15) is 0 Å². The average Bonchev–Trinajstić information content (AvgIpc) is 2.22. The molecule has 0 bridgehead atoms. The summed E-state index contributed by atoms with van der Waals surface area (Å²) in [5, 5.41) is 2.93. The number of nitrogens with one attached hydrogen (secondary N) is 1. The summed E-state index contributed by atoms with van der Waals surface area (Å²) in [7, 11) is 0. The zero-order valence-corrected chi connectivity index (χ0v) is 13.7. The second-order valence-electron chi connectivity index (χ2n) is 7.43. The van der Waals surface area contributed by atoms with Gasteiger partial charge in [-0.05, 0) is 17.8 Å². The first kappa shape index (κ1) is 18.1. The lowest BCUT2D eigenvalue weighted by Gasteiger charge is -2.22. The van der Waals surface area contributed by atoms with E-state index in [2.05, 4.69) is 39.9 Å². The van der Waals surface area contributed by atoms with Gasteiger partial charge in [0.15, 0.2) is 0 Å². The second-order valence-corrected chi connectivity index (χ2v) is 7.43. The van der Waals surface area contributed by atoms with Crippen molar-refractivity contribution in [1.82, 2.24) is 5.32 Å². The molecule has 0 aliphatic heterocycles.